The average Bonchev–Trinajstić information content (AvgIpc) is 2.66. The van der Waals surface area contributed by atoms with Crippen LogP contribution >= 0.6 is 0 Å². The summed E-state index contributed by atoms with van der Waals surface area (Å²) in [5, 5.41) is 25.7. The van der Waals surface area contributed by atoms with Crippen LogP contribution in [-0.2, 0) is 17.1 Å². The first-order valence-corrected chi connectivity index (χ1v) is 7.83. The van der Waals surface area contributed by atoms with Gasteiger partial charge < -0.3 is 0 Å². The number of alkyl halides is 6. The molecule has 2 aromatic carbocycles. The Labute approximate surface area is 165 Å². The molecule has 0 unspecified atom stereocenters. The van der Waals surface area contributed by atoms with Gasteiger partial charge in [-0.15, -0.1) is 5.11 Å². The first-order chi connectivity index (χ1) is 13.9. The number of anilines is 1. The lowest BCUT2D eigenvalue weighted by atomic mass is 10.1. The van der Waals surface area contributed by atoms with E-state index in [1.807, 2.05) is 0 Å². The number of rotatable bonds is 3. The quantitative estimate of drug-likeness (QED) is 0.368. The minimum Gasteiger partial charge on any atom is -0.273 e. The maximum absolute atomic E-state index is 12.8. The van der Waals surface area contributed by atoms with E-state index in [2.05, 4.69) is 10.3 Å². The van der Waals surface area contributed by atoms with Crippen LogP contribution in [0.25, 0.3) is 0 Å². The smallest absolute Gasteiger partial charge is 0.273 e. The molecule has 0 saturated heterocycles. The molecule has 0 N–H and O–H groups in total. The topological polar surface area (TPSA) is 92.6 Å². The van der Waals surface area contributed by atoms with Gasteiger partial charge >= 0.3 is 12.4 Å². The molecule has 2 aromatic rings. The van der Waals surface area contributed by atoms with Crippen molar-refractivity contribution in [1.82, 2.24) is 0 Å². The van der Waals surface area contributed by atoms with E-state index >= 15 is 0 Å². The number of hydrogen-bond donors (Lipinski definition) is 0. The van der Waals surface area contributed by atoms with Crippen molar-refractivity contribution in [2.24, 2.45) is 10.3 Å². The number of amides is 1. The molecule has 0 aliphatic heterocycles. The summed E-state index contributed by atoms with van der Waals surface area (Å²) in [5.41, 5.74) is -3.90. The Bertz CT molecular complexity index is 1090. The first-order valence-electron chi connectivity index (χ1n) is 7.83. The summed E-state index contributed by atoms with van der Waals surface area (Å²) in [6.45, 7) is 0.982. The van der Waals surface area contributed by atoms with E-state index in [1.54, 1.807) is 0 Å². The van der Waals surface area contributed by atoms with Crippen molar-refractivity contribution in [2.45, 2.75) is 19.3 Å². The molecule has 0 aromatic heterocycles. The number of halogens is 6. The normalized spacial score (nSPS) is 11.8. The van der Waals surface area contributed by atoms with Gasteiger partial charge in [-0.25, -0.2) is 0 Å². The molecule has 0 atom stereocenters. The van der Waals surface area contributed by atoms with Crippen molar-refractivity contribution in [3.63, 3.8) is 0 Å². The lowest BCUT2D eigenvalue weighted by molar-refractivity contribution is -0.138. The highest BCUT2D eigenvalue weighted by Gasteiger charge is 2.32. The van der Waals surface area contributed by atoms with Crippen molar-refractivity contribution in [1.29, 1.82) is 10.5 Å². The molecule has 2 rings (SSSR count). The second-order valence-corrected chi connectivity index (χ2v) is 5.70. The highest BCUT2D eigenvalue weighted by atomic mass is 19.4. The molecule has 30 heavy (non-hydrogen) atoms. The summed E-state index contributed by atoms with van der Waals surface area (Å²) >= 11 is 0. The molecule has 1 amide bonds. The molecule has 0 saturated carbocycles. The fraction of sp³-hybridized carbons (Fsp3) is 0.167. The molecule has 154 valence electrons. The van der Waals surface area contributed by atoms with Crippen LogP contribution in [0, 0.1) is 22.7 Å². The molecule has 0 heterocycles. The van der Waals surface area contributed by atoms with E-state index < -0.39 is 40.5 Å². The highest BCUT2D eigenvalue weighted by Crippen LogP contribution is 2.34. The zero-order valence-corrected chi connectivity index (χ0v) is 14.9. The Morgan fingerprint density at radius 3 is 1.87 bits per heavy atom. The Balaban J connectivity index is 2.50. The first kappa shape index (κ1) is 22.4. The number of carbonyl (C=O) groups excluding carboxylic acids is 1. The monoisotopic (exact) mass is 425 g/mol. The Morgan fingerprint density at radius 2 is 1.40 bits per heavy atom. The van der Waals surface area contributed by atoms with Gasteiger partial charge in [-0.05, 0) is 36.4 Å². The second kappa shape index (κ2) is 8.21. The van der Waals surface area contributed by atoms with Crippen molar-refractivity contribution in [2.75, 3.05) is 5.01 Å². The summed E-state index contributed by atoms with van der Waals surface area (Å²) < 4.78 is 76.7. The lowest BCUT2D eigenvalue weighted by Gasteiger charge is -2.16. The van der Waals surface area contributed by atoms with Crippen LogP contribution in [0.4, 0.5) is 37.7 Å². The zero-order valence-electron chi connectivity index (χ0n) is 14.9. The maximum Gasteiger partial charge on any atom is 0.416 e. The third kappa shape index (κ3) is 4.91. The molecule has 0 aliphatic rings. The van der Waals surface area contributed by atoms with Crippen LogP contribution in [0.3, 0.4) is 0 Å². The van der Waals surface area contributed by atoms with Crippen LogP contribution in [0.2, 0.25) is 0 Å². The predicted octanol–water partition coefficient (Wildman–Crippen LogP) is 5.52. The fourth-order valence-corrected chi connectivity index (χ4v) is 2.25. The van der Waals surface area contributed by atoms with E-state index in [1.165, 1.54) is 12.1 Å². The van der Waals surface area contributed by atoms with E-state index in [0.717, 1.165) is 19.1 Å². The standard InChI is InChI=1S/C18H9F6N5O/c1-10(30)29(16-5-3-14(18(22,23)24)7-12(16)9-26)28-27-15-4-2-13(17(19,20)21)6-11(15)8-25/h2-7H,1H3. The number of nitriles is 2. The fourth-order valence-electron chi connectivity index (χ4n) is 2.25. The number of nitrogens with zero attached hydrogens (tertiary/aromatic N) is 5. The Hall–Kier alpha value is -3.93. The molecular formula is C18H9F6N5O. The molecule has 12 heteroatoms. The number of benzene rings is 2. The third-order valence-electron chi connectivity index (χ3n) is 3.66. The van der Waals surface area contributed by atoms with E-state index in [-0.39, 0.29) is 11.4 Å². The summed E-state index contributed by atoms with van der Waals surface area (Å²) in [6.07, 6.45) is -9.43. The van der Waals surface area contributed by atoms with Gasteiger partial charge in [0.25, 0.3) is 0 Å². The summed E-state index contributed by atoms with van der Waals surface area (Å²) in [6, 6.07) is 7.03. The molecular weight excluding hydrogens is 416 g/mol. The van der Waals surface area contributed by atoms with Crippen molar-refractivity contribution >= 4 is 17.3 Å². The van der Waals surface area contributed by atoms with Gasteiger partial charge in [0.1, 0.15) is 17.8 Å². The molecule has 0 fully saturated rings. The van der Waals surface area contributed by atoms with Gasteiger partial charge in [0.15, 0.2) is 0 Å². The average molecular weight is 425 g/mol. The largest absolute Gasteiger partial charge is 0.416 e. The predicted molar refractivity (Wildman–Crippen MR) is 90.0 cm³/mol. The summed E-state index contributed by atoms with van der Waals surface area (Å²) in [4.78, 5) is 11.9. The van der Waals surface area contributed by atoms with Crippen molar-refractivity contribution < 1.29 is 31.1 Å². The molecule has 0 spiro atoms. The van der Waals surface area contributed by atoms with E-state index in [0.29, 0.717) is 29.3 Å². The number of hydrogen-bond acceptors (Lipinski definition) is 5. The van der Waals surface area contributed by atoms with Crippen molar-refractivity contribution in [3.05, 3.63) is 58.7 Å². The van der Waals surface area contributed by atoms with Gasteiger partial charge in [-0.1, -0.05) is 5.22 Å². The Kier molecular flexibility index (Phi) is 6.12. The van der Waals surface area contributed by atoms with Crippen LogP contribution in [0.1, 0.15) is 29.2 Å². The second-order valence-electron chi connectivity index (χ2n) is 5.70. The maximum atomic E-state index is 12.8. The summed E-state index contributed by atoms with van der Waals surface area (Å²) in [5.74, 6) is -0.847. The van der Waals surface area contributed by atoms with Gasteiger partial charge in [0.05, 0.1) is 27.9 Å². The third-order valence-corrected chi connectivity index (χ3v) is 3.66. The Morgan fingerprint density at radius 1 is 0.900 bits per heavy atom. The minimum absolute atomic E-state index is 0.317. The van der Waals surface area contributed by atoms with Crippen molar-refractivity contribution in [3.8, 4) is 12.1 Å². The van der Waals surface area contributed by atoms with E-state index in [4.69, 9.17) is 10.5 Å². The number of carbonyl (C=O) groups is 1. The SMILES string of the molecule is CC(=O)N(N=Nc1ccc(C(F)(F)F)cc1C#N)c1ccc(C(F)(F)F)cc1C#N. The van der Waals surface area contributed by atoms with Crippen LogP contribution in [0.5, 0.6) is 0 Å². The minimum atomic E-state index is -4.73. The van der Waals surface area contributed by atoms with Gasteiger partial charge in [0.2, 0.25) is 5.91 Å². The van der Waals surface area contributed by atoms with Gasteiger partial charge in [-0.3, -0.25) is 4.79 Å². The molecule has 0 bridgehead atoms. The van der Waals surface area contributed by atoms with Gasteiger partial charge in [-0.2, -0.15) is 41.9 Å². The van der Waals surface area contributed by atoms with Gasteiger partial charge in [0, 0.05) is 6.92 Å². The molecule has 6 nitrogen and oxygen atoms in total. The van der Waals surface area contributed by atoms with E-state index in [9.17, 15) is 31.1 Å². The zero-order chi connectivity index (χ0) is 22.7. The summed E-state index contributed by atoms with van der Waals surface area (Å²) in [7, 11) is 0. The molecule has 0 aliphatic carbocycles. The molecule has 0 radical (unpaired) electrons. The van der Waals surface area contributed by atoms with Crippen LogP contribution in [-0.4, -0.2) is 5.91 Å². The lowest BCUT2D eigenvalue weighted by Crippen LogP contribution is -2.23. The van der Waals surface area contributed by atoms with Crippen LogP contribution in [0.15, 0.2) is 46.7 Å². The highest BCUT2D eigenvalue weighted by molar-refractivity contribution is 5.92. The van der Waals surface area contributed by atoms with Crippen LogP contribution < -0.4 is 5.01 Å².